The Labute approximate surface area is 108 Å². The third-order valence-corrected chi connectivity index (χ3v) is 3.68. The smallest absolute Gasteiger partial charge is 0.136 e. The van der Waals surface area contributed by atoms with E-state index in [2.05, 4.69) is 4.98 Å². The van der Waals surface area contributed by atoms with E-state index in [1.54, 1.807) is 0 Å². The van der Waals surface area contributed by atoms with Gasteiger partial charge in [0.25, 0.3) is 0 Å². The predicted molar refractivity (Wildman–Crippen MR) is 69.6 cm³/mol. The number of hydrogen-bond acceptors (Lipinski definition) is 3. The number of halogens is 2. The van der Waals surface area contributed by atoms with Gasteiger partial charge in [-0.05, 0) is 25.1 Å². The maximum Gasteiger partial charge on any atom is 0.136 e. The van der Waals surface area contributed by atoms with Crippen molar-refractivity contribution in [3.63, 3.8) is 0 Å². The fourth-order valence-electron chi connectivity index (χ4n) is 1.70. The Morgan fingerprint density at radius 1 is 1.39 bits per heavy atom. The predicted octanol–water partition coefficient (Wildman–Crippen LogP) is 3.54. The van der Waals surface area contributed by atoms with Gasteiger partial charge < -0.3 is 5.73 Å². The van der Waals surface area contributed by atoms with Gasteiger partial charge in [0.1, 0.15) is 16.6 Å². The fourth-order valence-corrected chi connectivity index (χ4v) is 2.67. The number of aromatic nitrogens is 1. The molecule has 1 aromatic carbocycles. The van der Waals surface area contributed by atoms with Crippen molar-refractivity contribution >= 4 is 11.3 Å². The third kappa shape index (κ3) is 2.73. The molecule has 0 radical (unpaired) electrons. The van der Waals surface area contributed by atoms with Gasteiger partial charge in [-0.15, -0.1) is 11.3 Å². The molecule has 96 valence electrons. The van der Waals surface area contributed by atoms with Crippen LogP contribution in [-0.2, 0) is 0 Å². The summed E-state index contributed by atoms with van der Waals surface area (Å²) in [6, 6.07) is 3.53. The topological polar surface area (TPSA) is 38.9 Å². The Morgan fingerprint density at radius 2 is 2.17 bits per heavy atom. The van der Waals surface area contributed by atoms with Gasteiger partial charge in [0.2, 0.25) is 0 Å². The summed E-state index contributed by atoms with van der Waals surface area (Å²) >= 11 is 1.36. The van der Waals surface area contributed by atoms with E-state index in [0.717, 1.165) is 18.2 Å². The number of thiazole rings is 1. The first-order chi connectivity index (χ1) is 8.61. The SMILES string of the molecule is CC(CCN)c1csc(-c2ccc(F)cc2F)n1. The molecule has 0 bridgehead atoms. The summed E-state index contributed by atoms with van der Waals surface area (Å²) in [5.41, 5.74) is 6.75. The van der Waals surface area contributed by atoms with Gasteiger partial charge in [-0.3, -0.25) is 0 Å². The molecule has 2 rings (SSSR count). The van der Waals surface area contributed by atoms with E-state index in [4.69, 9.17) is 5.73 Å². The van der Waals surface area contributed by atoms with Gasteiger partial charge in [-0.2, -0.15) is 0 Å². The molecule has 5 heteroatoms. The highest BCUT2D eigenvalue weighted by Gasteiger charge is 2.13. The van der Waals surface area contributed by atoms with Crippen LogP contribution in [0.15, 0.2) is 23.6 Å². The standard InChI is InChI=1S/C13H14F2N2S/c1-8(4-5-16)12-7-18-13(17-12)10-3-2-9(14)6-11(10)15/h2-3,6-8H,4-5,16H2,1H3. The lowest BCUT2D eigenvalue weighted by Gasteiger charge is -2.05. The van der Waals surface area contributed by atoms with Crippen LogP contribution in [0.5, 0.6) is 0 Å². The van der Waals surface area contributed by atoms with Crippen LogP contribution in [0.4, 0.5) is 8.78 Å². The van der Waals surface area contributed by atoms with Crippen LogP contribution in [0.25, 0.3) is 10.6 Å². The second kappa shape index (κ2) is 5.54. The summed E-state index contributed by atoms with van der Waals surface area (Å²) in [6.45, 7) is 2.63. The molecule has 2 aromatic rings. The molecule has 0 spiro atoms. The van der Waals surface area contributed by atoms with Crippen molar-refractivity contribution in [2.75, 3.05) is 6.54 Å². The van der Waals surface area contributed by atoms with Crippen LogP contribution in [0.1, 0.15) is 25.0 Å². The number of nitrogens with zero attached hydrogens (tertiary/aromatic N) is 1. The molecule has 1 unspecified atom stereocenters. The Hall–Kier alpha value is -1.33. The molecule has 1 heterocycles. The lowest BCUT2D eigenvalue weighted by Crippen LogP contribution is -2.04. The number of hydrogen-bond donors (Lipinski definition) is 1. The molecule has 1 aromatic heterocycles. The van der Waals surface area contributed by atoms with E-state index in [9.17, 15) is 8.78 Å². The molecule has 2 nitrogen and oxygen atoms in total. The lowest BCUT2D eigenvalue weighted by atomic mass is 10.1. The van der Waals surface area contributed by atoms with Gasteiger partial charge in [0.05, 0.1) is 5.69 Å². The van der Waals surface area contributed by atoms with Crippen molar-refractivity contribution in [1.82, 2.24) is 4.98 Å². The Bertz CT molecular complexity index is 540. The summed E-state index contributed by atoms with van der Waals surface area (Å²) in [5, 5.41) is 2.48. The number of benzene rings is 1. The van der Waals surface area contributed by atoms with Crippen LogP contribution in [0.3, 0.4) is 0 Å². The molecule has 0 fully saturated rings. The van der Waals surface area contributed by atoms with Gasteiger partial charge in [0, 0.05) is 22.9 Å². The molecule has 1 atom stereocenters. The molecule has 2 N–H and O–H groups in total. The summed E-state index contributed by atoms with van der Waals surface area (Å²) in [7, 11) is 0. The maximum absolute atomic E-state index is 13.6. The molecular formula is C13H14F2N2S. The fraction of sp³-hybridized carbons (Fsp3) is 0.308. The summed E-state index contributed by atoms with van der Waals surface area (Å²) in [6.07, 6.45) is 0.842. The number of nitrogens with two attached hydrogens (primary N) is 1. The van der Waals surface area contributed by atoms with Crippen LogP contribution < -0.4 is 5.73 Å². The summed E-state index contributed by atoms with van der Waals surface area (Å²) in [4.78, 5) is 4.39. The average molecular weight is 268 g/mol. The van der Waals surface area contributed by atoms with Crippen molar-refractivity contribution in [2.45, 2.75) is 19.3 Å². The third-order valence-electron chi connectivity index (χ3n) is 2.79. The molecule has 18 heavy (non-hydrogen) atoms. The van der Waals surface area contributed by atoms with Gasteiger partial charge in [-0.25, -0.2) is 13.8 Å². The quantitative estimate of drug-likeness (QED) is 0.921. The average Bonchev–Trinajstić information content (AvgIpc) is 2.78. The largest absolute Gasteiger partial charge is 0.330 e. The van der Waals surface area contributed by atoms with Crippen molar-refractivity contribution < 1.29 is 8.78 Å². The van der Waals surface area contributed by atoms with Gasteiger partial charge >= 0.3 is 0 Å². The highest BCUT2D eigenvalue weighted by Crippen LogP contribution is 2.29. The summed E-state index contributed by atoms with van der Waals surface area (Å²) < 4.78 is 26.4. The van der Waals surface area contributed by atoms with Gasteiger partial charge in [0.15, 0.2) is 0 Å². The van der Waals surface area contributed by atoms with Crippen LogP contribution in [0.2, 0.25) is 0 Å². The first kappa shape index (κ1) is 13.1. The molecule has 0 saturated heterocycles. The molecule has 0 saturated carbocycles. The minimum Gasteiger partial charge on any atom is -0.330 e. The van der Waals surface area contributed by atoms with E-state index < -0.39 is 11.6 Å². The highest BCUT2D eigenvalue weighted by atomic mass is 32.1. The van der Waals surface area contributed by atoms with E-state index >= 15 is 0 Å². The van der Waals surface area contributed by atoms with Crippen LogP contribution in [-0.4, -0.2) is 11.5 Å². The lowest BCUT2D eigenvalue weighted by molar-refractivity contribution is 0.585. The normalized spacial score (nSPS) is 12.7. The maximum atomic E-state index is 13.6. The van der Waals surface area contributed by atoms with Gasteiger partial charge in [-0.1, -0.05) is 6.92 Å². The monoisotopic (exact) mass is 268 g/mol. The van der Waals surface area contributed by atoms with Crippen molar-refractivity contribution in [2.24, 2.45) is 5.73 Å². The zero-order valence-corrected chi connectivity index (χ0v) is 10.8. The van der Waals surface area contributed by atoms with E-state index in [1.807, 2.05) is 12.3 Å². The van der Waals surface area contributed by atoms with E-state index in [1.165, 1.54) is 23.5 Å². The Balaban J connectivity index is 2.29. The molecule has 0 amide bonds. The Kier molecular flexibility index (Phi) is 4.04. The van der Waals surface area contributed by atoms with Crippen molar-refractivity contribution in [3.05, 3.63) is 40.9 Å². The van der Waals surface area contributed by atoms with Crippen molar-refractivity contribution in [3.8, 4) is 10.6 Å². The van der Waals surface area contributed by atoms with E-state index in [0.29, 0.717) is 17.1 Å². The molecular weight excluding hydrogens is 254 g/mol. The molecule has 0 aliphatic carbocycles. The zero-order valence-electron chi connectivity index (χ0n) is 9.99. The first-order valence-corrected chi connectivity index (χ1v) is 6.60. The Morgan fingerprint density at radius 3 is 2.83 bits per heavy atom. The minimum absolute atomic E-state index is 0.253. The van der Waals surface area contributed by atoms with Crippen LogP contribution >= 0.6 is 11.3 Å². The second-order valence-electron chi connectivity index (χ2n) is 4.18. The first-order valence-electron chi connectivity index (χ1n) is 5.72. The van der Waals surface area contributed by atoms with Crippen molar-refractivity contribution in [1.29, 1.82) is 0 Å². The second-order valence-corrected chi connectivity index (χ2v) is 5.04. The molecule has 0 aliphatic rings. The molecule has 0 aliphatic heterocycles. The highest BCUT2D eigenvalue weighted by molar-refractivity contribution is 7.13. The zero-order chi connectivity index (χ0) is 13.1. The minimum atomic E-state index is -0.581. The van der Waals surface area contributed by atoms with Crippen LogP contribution in [0, 0.1) is 11.6 Å². The van der Waals surface area contributed by atoms with E-state index in [-0.39, 0.29) is 5.92 Å². The number of rotatable bonds is 4. The summed E-state index contributed by atoms with van der Waals surface area (Å²) in [5.74, 6) is -0.907.